The fourth-order valence-electron chi connectivity index (χ4n) is 3.69. The van der Waals surface area contributed by atoms with Crippen LogP contribution < -0.4 is 5.32 Å². The highest BCUT2D eigenvalue weighted by atomic mass is 14.9. The average Bonchev–Trinajstić information content (AvgIpc) is 2.24. The highest BCUT2D eigenvalue weighted by Gasteiger charge is 2.43. The Kier molecular flexibility index (Phi) is 3.12. The van der Waals surface area contributed by atoms with E-state index in [1.165, 1.54) is 51.6 Å². The quantitative estimate of drug-likeness (QED) is 0.696. The van der Waals surface area contributed by atoms with E-state index in [4.69, 9.17) is 0 Å². The third-order valence-corrected chi connectivity index (χ3v) is 5.15. The van der Waals surface area contributed by atoms with Crippen LogP contribution in [-0.2, 0) is 0 Å². The van der Waals surface area contributed by atoms with Crippen LogP contribution in [0.1, 0.15) is 59.3 Å². The van der Waals surface area contributed by atoms with Gasteiger partial charge < -0.3 is 5.32 Å². The largest absolute Gasteiger partial charge is 0.316 e. The van der Waals surface area contributed by atoms with Gasteiger partial charge in [-0.2, -0.15) is 0 Å². The summed E-state index contributed by atoms with van der Waals surface area (Å²) in [4.78, 5) is 0. The van der Waals surface area contributed by atoms with Gasteiger partial charge in [-0.05, 0) is 61.9 Å². The van der Waals surface area contributed by atoms with Gasteiger partial charge in [-0.3, -0.25) is 0 Å². The Morgan fingerprint density at radius 3 is 2.33 bits per heavy atom. The van der Waals surface area contributed by atoms with Crippen molar-refractivity contribution in [1.29, 1.82) is 0 Å². The summed E-state index contributed by atoms with van der Waals surface area (Å²) < 4.78 is 0. The fraction of sp³-hybridized carbons (Fsp3) is 1.00. The molecular weight excluding hydrogens is 182 g/mol. The standard InChI is InChI=1S/C14H27N/c1-4-12-11-15-10-9-14(12)7-5-13(2,3)6-8-14/h12,15H,4-11H2,1-3H3. The second-order valence-corrected chi connectivity index (χ2v) is 6.59. The second kappa shape index (κ2) is 4.08. The van der Waals surface area contributed by atoms with E-state index < -0.39 is 0 Å². The van der Waals surface area contributed by atoms with E-state index in [-0.39, 0.29) is 0 Å². The summed E-state index contributed by atoms with van der Waals surface area (Å²) in [7, 11) is 0. The molecule has 15 heavy (non-hydrogen) atoms. The fourth-order valence-corrected chi connectivity index (χ4v) is 3.69. The lowest BCUT2D eigenvalue weighted by molar-refractivity contribution is 0.0160. The highest BCUT2D eigenvalue weighted by molar-refractivity contribution is 4.96. The first-order chi connectivity index (χ1) is 7.08. The molecule has 1 atom stereocenters. The first-order valence-electron chi connectivity index (χ1n) is 6.79. The number of rotatable bonds is 1. The van der Waals surface area contributed by atoms with Gasteiger partial charge in [0, 0.05) is 0 Å². The van der Waals surface area contributed by atoms with Crippen LogP contribution in [0.4, 0.5) is 0 Å². The molecule has 1 unspecified atom stereocenters. The highest BCUT2D eigenvalue weighted by Crippen LogP contribution is 2.52. The van der Waals surface area contributed by atoms with E-state index >= 15 is 0 Å². The van der Waals surface area contributed by atoms with Gasteiger partial charge in [-0.25, -0.2) is 0 Å². The van der Waals surface area contributed by atoms with Crippen molar-refractivity contribution in [1.82, 2.24) is 5.32 Å². The zero-order valence-electron chi connectivity index (χ0n) is 10.7. The molecule has 1 spiro atoms. The minimum Gasteiger partial charge on any atom is -0.316 e. The molecule has 0 aromatic carbocycles. The average molecular weight is 209 g/mol. The van der Waals surface area contributed by atoms with Crippen molar-refractivity contribution < 1.29 is 0 Å². The molecule has 88 valence electrons. The van der Waals surface area contributed by atoms with Crippen molar-refractivity contribution in [3.05, 3.63) is 0 Å². The van der Waals surface area contributed by atoms with Crippen molar-refractivity contribution in [2.75, 3.05) is 13.1 Å². The molecule has 1 nitrogen and oxygen atoms in total. The van der Waals surface area contributed by atoms with Gasteiger partial charge in [0.25, 0.3) is 0 Å². The van der Waals surface area contributed by atoms with E-state index in [9.17, 15) is 0 Å². The Bertz CT molecular complexity index is 209. The lowest BCUT2D eigenvalue weighted by Crippen LogP contribution is -2.47. The first kappa shape index (κ1) is 11.4. The van der Waals surface area contributed by atoms with Crippen molar-refractivity contribution in [2.24, 2.45) is 16.7 Å². The Morgan fingerprint density at radius 2 is 1.73 bits per heavy atom. The minimum atomic E-state index is 0.619. The van der Waals surface area contributed by atoms with Gasteiger partial charge in [-0.15, -0.1) is 0 Å². The van der Waals surface area contributed by atoms with Crippen LogP contribution in [0, 0.1) is 16.7 Å². The molecule has 0 bridgehead atoms. The van der Waals surface area contributed by atoms with Gasteiger partial charge >= 0.3 is 0 Å². The molecule has 1 heteroatoms. The zero-order valence-corrected chi connectivity index (χ0v) is 10.7. The molecule has 1 aliphatic carbocycles. The Hall–Kier alpha value is -0.0400. The molecule has 2 aliphatic rings. The molecule has 0 aromatic heterocycles. The minimum absolute atomic E-state index is 0.619. The van der Waals surface area contributed by atoms with Gasteiger partial charge in [0.05, 0.1) is 0 Å². The summed E-state index contributed by atoms with van der Waals surface area (Å²) >= 11 is 0. The number of hydrogen-bond acceptors (Lipinski definition) is 1. The Morgan fingerprint density at radius 1 is 1.07 bits per heavy atom. The predicted octanol–water partition coefficient (Wildman–Crippen LogP) is 3.59. The molecule has 1 N–H and O–H groups in total. The van der Waals surface area contributed by atoms with Gasteiger partial charge in [0.15, 0.2) is 0 Å². The summed E-state index contributed by atoms with van der Waals surface area (Å²) in [6.45, 7) is 9.80. The second-order valence-electron chi connectivity index (χ2n) is 6.59. The van der Waals surface area contributed by atoms with Gasteiger partial charge in [0.1, 0.15) is 0 Å². The molecular formula is C14H27N. The molecule has 2 fully saturated rings. The number of piperidine rings is 1. The summed E-state index contributed by atoms with van der Waals surface area (Å²) in [5.74, 6) is 0.947. The molecule has 0 aromatic rings. The molecule has 0 radical (unpaired) electrons. The predicted molar refractivity (Wildman–Crippen MR) is 65.9 cm³/mol. The number of nitrogens with one attached hydrogen (secondary N) is 1. The first-order valence-corrected chi connectivity index (χ1v) is 6.79. The smallest absolute Gasteiger partial charge is 0.00153 e. The van der Waals surface area contributed by atoms with Crippen LogP contribution in [0.15, 0.2) is 0 Å². The lowest BCUT2D eigenvalue weighted by atomic mass is 9.57. The summed E-state index contributed by atoms with van der Waals surface area (Å²) in [5.41, 5.74) is 1.34. The Balaban J connectivity index is 2.05. The van der Waals surface area contributed by atoms with Gasteiger partial charge in [-0.1, -0.05) is 27.2 Å². The summed E-state index contributed by atoms with van der Waals surface area (Å²) in [6.07, 6.45) is 8.67. The topological polar surface area (TPSA) is 12.0 Å². The van der Waals surface area contributed by atoms with Crippen molar-refractivity contribution in [2.45, 2.75) is 59.3 Å². The molecule has 1 saturated heterocycles. The third kappa shape index (κ3) is 2.22. The molecule has 1 aliphatic heterocycles. The summed E-state index contributed by atoms with van der Waals surface area (Å²) in [6, 6.07) is 0. The van der Waals surface area contributed by atoms with Crippen molar-refractivity contribution in [3.63, 3.8) is 0 Å². The van der Waals surface area contributed by atoms with E-state index in [1.54, 1.807) is 0 Å². The number of hydrogen-bond donors (Lipinski definition) is 1. The maximum atomic E-state index is 3.58. The molecule has 2 rings (SSSR count). The SMILES string of the molecule is CCC1CNCCC12CCC(C)(C)CC2. The maximum absolute atomic E-state index is 3.58. The van der Waals surface area contributed by atoms with Gasteiger partial charge in [0.2, 0.25) is 0 Å². The summed E-state index contributed by atoms with van der Waals surface area (Å²) in [5, 5.41) is 3.58. The maximum Gasteiger partial charge on any atom is -0.00153 e. The van der Waals surface area contributed by atoms with Crippen LogP contribution in [-0.4, -0.2) is 13.1 Å². The third-order valence-electron chi connectivity index (χ3n) is 5.15. The zero-order chi connectivity index (χ0) is 10.9. The van der Waals surface area contributed by atoms with E-state index in [0.717, 1.165) is 11.3 Å². The van der Waals surface area contributed by atoms with E-state index in [1.807, 2.05) is 0 Å². The van der Waals surface area contributed by atoms with E-state index in [0.29, 0.717) is 5.41 Å². The van der Waals surface area contributed by atoms with Crippen LogP contribution in [0.2, 0.25) is 0 Å². The molecule has 0 amide bonds. The lowest BCUT2D eigenvalue weighted by Gasteiger charge is -2.50. The monoisotopic (exact) mass is 209 g/mol. The van der Waals surface area contributed by atoms with Crippen molar-refractivity contribution in [3.8, 4) is 0 Å². The van der Waals surface area contributed by atoms with E-state index in [2.05, 4.69) is 26.1 Å². The normalized spacial score (nSPS) is 34.2. The Labute approximate surface area is 95.0 Å². The van der Waals surface area contributed by atoms with Crippen LogP contribution >= 0.6 is 0 Å². The molecule has 1 saturated carbocycles. The van der Waals surface area contributed by atoms with Crippen LogP contribution in [0.25, 0.3) is 0 Å². The molecule has 1 heterocycles. The van der Waals surface area contributed by atoms with Crippen molar-refractivity contribution >= 4 is 0 Å². The van der Waals surface area contributed by atoms with Crippen LogP contribution in [0.5, 0.6) is 0 Å². The van der Waals surface area contributed by atoms with Crippen LogP contribution in [0.3, 0.4) is 0 Å².